The van der Waals surface area contributed by atoms with Gasteiger partial charge in [0.05, 0.1) is 5.25 Å². The summed E-state index contributed by atoms with van der Waals surface area (Å²) in [7, 11) is -3.18. The summed E-state index contributed by atoms with van der Waals surface area (Å²) >= 11 is 0. The molecule has 3 N–H and O–H groups in total. The Balaban J connectivity index is 2.42. The molecule has 1 atom stereocenters. The van der Waals surface area contributed by atoms with Crippen molar-refractivity contribution in [3.63, 3.8) is 0 Å². The molecule has 0 bridgehead atoms. The molecule has 1 aliphatic rings. The number of rotatable bonds is 7. The van der Waals surface area contributed by atoms with Crippen molar-refractivity contribution in [2.45, 2.75) is 37.9 Å². The first-order valence-electron chi connectivity index (χ1n) is 6.36. The molecule has 0 aromatic rings. The Morgan fingerprint density at radius 2 is 2.06 bits per heavy atom. The van der Waals surface area contributed by atoms with Crippen LogP contribution in [0.3, 0.4) is 0 Å². The van der Waals surface area contributed by atoms with Gasteiger partial charge < -0.3 is 10.5 Å². The summed E-state index contributed by atoms with van der Waals surface area (Å²) in [6.07, 6.45) is 3.02. The molecule has 102 valence electrons. The van der Waals surface area contributed by atoms with Crippen molar-refractivity contribution in [3.05, 3.63) is 0 Å². The summed E-state index contributed by atoms with van der Waals surface area (Å²) in [6.45, 7) is 4.27. The van der Waals surface area contributed by atoms with Crippen LogP contribution in [-0.4, -0.2) is 40.0 Å². The van der Waals surface area contributed by atoms with Crippen LogP contribution in [0, 0.1) is 5.92 Å². The fourth-order valence-electron chi connectivity index (χ4n) is 2.02. The topological polar surface area (TPSA) is 81.4 Å². The second-order valence-electron chi connectivity index (χ2n) is 4.56. The van der Waals surface area contributed by atoms with Gasteiger partial charge in [-0.05, 0) is 31.7 Å². The van der Waals surface area contributed by atoms with E-state index in [2.05, 4.69) is 11.6 Å². The first-order chi connectivity index (χ1) is 8.10. The molecule has 0 amide bonds. The summed E-state index contributed by atoms with van der Waals surface area (Å²) in [5.74, 6) is 0.342. The number of nitrogens with one attached hydrogen (secondary N) is 1. The molecule has 1 unspecified atom stereocenters. The normalized spacial score (nSPS) is 20.4. The molecule has 5 nitrogen and oxygen atoms in total. The summed E-state index contributed by atoms with van der Waals surface area (Å²) in [6, 6.07) is 0. The Labute approximate surface area is 104 Å². The Morgan fingerprint density at radius 1 is 1.41 bits per heavy atom. The van der Waals surface area contributed by atoms with Crippen molar-refractivity contribution in [3.8, 4) is 0 Å². The second-order valence-corrected chi connectivity index (χ2v) is 6.60. The molecule has 0 aromatic carbocycles. The van der Waals surface area contributed by atoms with Crippen LogP contribution in [0.5, 0.6) is 0 Å². The van der Waals surface area contributed by atoms with Gasteiger partial charge in [-0.2, -0.15) is 0 Å². The van der Waals surface area contributed by atoms with Crippen LogP contribution in [0.1, 0.15) is 32.6 Å². The maximum Gasteiger partial charge on any atom is 0.214 e. The van der Waals surface area contributed by atoms with Crippen molar-refractivity contribution < 1.29 is 13.2 Å². The van der Waals surface area contributed by atoms with Crippen LogP contribution in [0.25, 0.3) is 0 Å². The van der Waals surface area contributed by atoms with Gasteiger partial charge in [-0.3, -0.25) is 0 Å². The molecule has 0 aromatic heterocycles. The van der Waals surface area contributed by atoms with Gasteiger partial charge in [0.25, 0.3) is 0 Å². The van der Waals surface area contributed by atoms with E-state index in [-0.39, 0.29) is 5.25 Å². The number of nitrogens with two attached hydrogens (primary N) is 1. The van der Waals surface area contributed by atoms with Gasteiger partial charge in [-0.15, -0.1) is 0 Å². The minimum Gasteiger partial charge on any atom is -0.381 e. The summed E-state index contributed by atoms with van der Waals surface area (Å²) in [5.41, 5.74) is 5.49. The van der Waals surface area contributed by atoms with Crippen LogP contribution in [0.2, 0.25) is 0 Å². The lowest BCUT2D eigenvalue weighted by molar-refractivity contribution is 0.0981. The van der Waals surface area contributed by atoms with Gasteiger partial charge in [0, 0.05) is 19.8 Å². The summed E-state index contributed by atoms with van der Waals surface area (Å²) < 4.78 is 31.9. The van der Waals surface area contributed by atoms with E-state index in [0.717, 1.165) is 12.8 Å². The quantitative estimate of drug-likeness (QED) is 0.700. The zero-order chi connectivity index (χ0) is 12.7. The summed E-state index contributed by atoms with van der Waals surface area (Å²) in [5, 5.41) is -0.286. The minimum atomic E-state index is -3.18. The van der Waals surface area contributed by atoms with Gasteiger partial charge in [0.1, 0.15) is 0 Å². The van der Waals surface area contributed by atoms with Crippen LogP contribution in [-0.2, 0) is 14.8 Å². The molecule has 1 heterocycles. The van der Waals surface area contributed by atoms with Gasteiger partial charge in [-0.25, -0.2) is 13.1 Å². The highest BCUT2D eigenvalue weighted by Gasteiger charge is 2.27. The average Bonchev–Trinajstić information content (AvgIpc) is 2.35. The van der Waals surface area contributed by atoms with Crippen LogP contribution < -0.4 is 10.5 Å². The highest BCUT2D eigenvalue weighted by molar-refractivity contribution is 7.90. The van der Waals surface area contributed by atoms with Gasteiger partial charge in [0.2, 0.25) is 10.0 Å². The van der Waals surface area contributed by atoms with Crippen LogP contribution in [0.15, 0.2) is 0 Å². The zero-order valence-corrected chi connectivity index (χ0v) is 11.3. The van der Waals surface area contributed by atoms with Crippen LogP contribution in [0.4, 0.5) is 0 Å². The molecule has 6 heteroatoms. The monoisotopic (exact) mass is 264 g/mol. The summed E-state index contributed by atoms with van der Waals surface area (Å²) in [4.78, 5) is 0. The zero-order valence-electron chi connectivity index (χ0n) is 10.5. The first kappa shape index (κ1) is 14.9. The van der Waals surface area contributed by atoms with E-state index in [4.69, 9.17) is 10.5 Å². The van der Waals surface area contributed by atoms with Gasteiger partial charge in [-0.1, -0.05) is 13.3 Å². The van der Waals surface area contributed by atoms with Crippen molar-refractivity contribution in [2.24, 2.45) is 11.7 Å². The first-order valence-corrected chi connectivity index (χ1v) is 7.91. The van der Waals surface area contributed by atoms with Crippen molar-refractivity contribution in [1.29, 1.82) is 0 Å². The van der Waals surface area contributed by atoms with Crippen molar-refractivity contribution in [1.82, 2.24) is 4.72 Å². The molecule has 1 aliphatic heterocycles. The van der Waals surface area contributed by atoms with E-state index in [1.807, 2.05) is 0 Å². The maximum absolute atomic E-state index is 12.0. The number of ether oxygens (including phenoxy) is 1. The van der Waals surface area contributed by atoms with E-state index in [1.165, 1.54) is 0 Å². The lowest BCUT2D eigenvalue weighted by Crippen LogP contribution is -2.40. The number of hydrogen-bond acceptors (Lipinski definition) is 4. The Kier molecular flexibility index (Phi) is 6.40. The lowest BCUT2D eigenvalue weighted by Gasteiger charge is -2.23. The third kappa shape index (κ3) is 4.91. The average molecular weight is 264 g/mol. The fourth-order valence-corrected chi connectivity index (χ4v) is 3.54. The molecule has 17 heavy (non-hydrogen) atoms. The van der Waals surface area contributed by atoms with Crippen molar-refractivity contribution in [2.75, 3.05) is 26.3 Å². The smallest absolute Gasteiger partial charge is 0.214 e. The molecule has 1 saturated heterocycles. The van der Waals surface area contributed by atoms with Crippen LogP contribution >= 0.6 is 0 Å². The predicted octanol–water partition coefficient (Wildman–Crippen LogP) is 0.460. The molecular weight excluding hydrogens is 240 g/mol. The number of sulfonamides is 1. The fraction of sp³-hybridized carbons (Fsp3) is 1.00. The Hall–Kier alpha value is -0.170. The molecule has 0 aliphatic carbocycles. The predicted molar refractivity (Wildman–Crippen MR) is 68.2 cm³/mol. The SMILES string of the molecule is CCC(CCN)CNS(=O)(=O)C1CCOCC1. The second kappa shape index (κ2) is 7.31. The van der Waals surface area contributed by atoms with E-state index in [1.54, 1.807) is 0 Å². The molecular formula is C11H24N2O3S. The molecule has 0 spiro atoms. The molecule has 0 radical (unpaired) electrons. The Bertz CT molecular complexity index is 300. The van der Waals surface area contributed by atoms with E-state index >= 15 is 0 Å². The lowest BCUT2D eigenvalue weighted by atomic mass is 10.0. The van der Waals surface area contributed by atoms with Gasteiger partial charge in [0.15, 0.2) is 0 Å². The minimum absolute atomic E-state index is 0.286. The molecule has 1 fully saturated rings. The highest BCUT2D eigenvalue weighted by atomic mass is 32.2. The van der Waals surface area contributed by atoms with E-state index in [9.17, 15) is 8.42 Å². The maximum atomic E-state index is 12.0. The van der Waals surface area contributed by atoms with E-state index < -0.39 is 10.0 Å². The number of hydrogen-bond donors (Lipinski definition) is 2. The third-order valence-electron chi connectivity index (χ3n) is 3.33. The van der Waals surface area contributed by atoms with E-state index in [0.29, 0.717) is 45.1 Å². The largest absolute Gasteiger partial charge is 0.381 e. The standard InChI is InChI=1S/C11H24N2O3S/c1-2-10(3-6-12)9-13-17(14,15)11-4-7-16-8-5-11/h10-11,13H,2-9,12H2,1H3. The molecule has 1 rings (SSSR count). The Morgan fingerprint density at radius 3 is 2.59 bits per heavy atom. The van der Waals surface area contributed by atoms with Crippen molar-refractivity contribution >= 4 is 10.0 Å². The third-order valence-corrected chi connectivity index (χ3v) is 5.25. The highest BCUT2D eigenvalue weighted by Crippen LogP contribution is 2.15. The molecule has 0 saturated carbocycles. The van der Waals surface area contributed by atoms with Gasteiger partial charge >= 0.3 is 0 Å².